The quantitative estimate of drug-likeness (QED) is 0.788. The van der Waals surface area contributed by atoms with Crippen LogP contribution in [0.25, 0.3) is 11.1 Å². The van der Waals surface area contributed by atoms with Crippen molar-refractivity contribution in [3.63, 3.8) is 0 Å². The molecular weight excluding hydrogens is 302 g/mol. The van der Waals surface area contributed by atoms with E-state index in [2.05, 4.69) is 49.1 Å². The lowest BCUT2D eigenvalue weighted by atomic mass is 10.0. The van der Waals surface area contributed by atoms with Crippen LogP contribution in [0.3, 0.4) is 0 Å². The van der Waals surface area contributed by atoms with Crippen LogP contribution in [0.1, 0.15) is 31.9 Å². The molecule has 0 aliphatic carbocycles. The number of carboxylic acid groups (broad SMARTS) is 1. The normalized spacial score (nSPS) is 12.2. The van der Waals surface area contributed by atoms with Crippen LogP contribution in [-0.4, -0.2) is 36.2 Å². The summed E-state index contributed by atoms with van der Waals surface area (Å²) >= 11 is 0. The van der Waals surface area contributed by atoms with Crippen molar-refractivity contribution < 1.29 is 14.6 Å². The third kappa shape index (κ3) is 4.59. The van der Waals surface area contributed by atoms with Gasteiger partial charge < -0.3 is 9.84 Å². The summed E-state index contributed by atoms with van der Waals surface area (Å²) in [5, 5.41) is 8.88. The molecule has 1 unspecified atom stereocenters. The lowest BCUT2D eigenvalue weighted by Crippen LogP contribution is -2.29. The summed E-state index contributed by atoms with van der Waals surface area (Å²) in [5.74, 6) is 0.0878. The van der Waals surface area contributed by atoms with E-state index in [0.29, 0.717) is 6.54 Å². The molecule has 2 rings (SSSR count). The van der Waals surface area contributed by atoms with Crippen molar-refractivity contribution in [1.29, 1.82) is 0 Å². The molecule has 1 N–H and O–H groups in total. The highest BCUT2D eigenvalue weighted by atomic mass is 16.5. The number of nitrogens with zero attached hydrogens (tertiary/aromatic N) is 1. The lowest BCUT2D eigenvalue weighted by Gasteiger charge is -2.27. The first-order valence-electron chi connectivity index (χ1n) is 8.25. The molecule has 0 aromatic heterocycles. The van der Waals surface area contributed by atoms with E-state index in [1.807, 2.05) is 18.2 Å². The van der Waals surface area contributed by atoms with Gasteiger partial charge in [0.2, 0.25) is 0 Å². The molecule has 0 bridgehead atoms. The molecule has 4 heteroatoms. The summed E-state index contributed by atoms with van der Waals surface area (Å²) in [6, 6.07) is 16.6. The maximum absolute atomic E-state index is 10.8. The van der Waals surface area contributed by atoms with E-state index in [9.17, 15) is 4.79 Å². The molecule has 2 aromatic rings. The zero-order chi connectivity index (χ0) is 17.5. The van der Waals surface area contributed by atoms with Gasteiger partial charge in [-0.2, -0.15) is 0 Å². The molecule has 4 nitrogen and oxygen atoms in total. The molecule has 1 atom stereocenters. The summed E-state index contributed by atoms with van der Waals surface area (Å²) < 4.78 is 5.28. The molecule has 0 saturated carbocycles. The molecule has 0 fully saturated rings. The van der Waals surface area contributed by atoms with Crippen LogP contribution in [0.2, 0.25) is 0 Å². The number of benzene rings is 2. The van der Waals surface area contributed by atoms with Gasteiger partial charge in [0.15, 0.2) is 0 Å². The zero-order valence-electron chi connectivity index (χ0n) is 14.5. The minimum atomic E-state index is -0.756. The highest BCUT2D eigenvalue weighted by molar-refractivity contribution is 5.67. The first-order chi connectivity index (χ1) is 11.5. The zero-order valence-corrected chi connectivity index (χ0v) is 14.5. The van der Waals surface area contributed by atoms with E-state index in [1.54, 1.807) is 7.11 Å². The second-order valence-corrected chi connectivity index (χ2v) is 5.80. The Bertz CT molecular complexity index is 667. The SMILES string of the molecule is CCN(CCC(=O)O)C(C)c1ccc(-c2cccc(OC)c2)cc1. The summed E-state index contributed by atoms with van der Waals surface area (Å²) in [5.41, 5.74) is 3.44. The van der Waals surface area contributed by atoms with Crippen LogP contribution in [0.5, 0.6) is 5.75 Å². The Kier molecular flexibility index (Phi) is 6.38. The molecule has 0 saturated heterocycles. The average Bonchev–Trinajstić information content (AvgIpc) is 2.62. The number of hydrogen-bond donors (Lipinski definition) is 1. The van der Waals surface area contributed by atoms with Gasteiger partial charge in [0.1, 0.15) is 5.75 Å². The number of rotatable bonds is 8. The van der Waals surface area contributed by atoms with E-state index < -0.39 is 5.97 Å². The van der Waals surface area contributed by atoms with Crippen molar-refractivity contribution in [2.45, 2.75) is 26.3 Å². The summed E-state index contributed by atoms with van der Waals surface area (Å²) in [7, 11) is 1.67. The Morgan fingerprint density at radius 3 is 2.46 bits per heavy atom. The summed E-state index contributed by atoms with van der Waals surface area (Å²) in [6.45, 7) is 5.56. The Morgan fingerprint density at radius 2 is 1.88 bits per heavy atom. The Balaban J connectivity index is 2.13. The van der Waals surface area contributed by atoms with Gasteiger partial charge in [-0.05, 0) is 42.3 Å². The van der Waals surface area contributed by atoms with Crippen LogP contribution in [0.15, 0.2) is 48.5 Å². The predicted octanol–water partition coefficient (Wildman–Crippen LogP) is 4.22. The maximum Gasteiger partial charge on any atom is 0.304 e. The third-order valence-corrected chi connectivity index (χ3v) is 4.36. The van der Waals surface area contributed by atoms with Crippen LogP contribution in [0.4, 0.5) is 0 Å². The molecule has 0 heterocycles. The van der Waals surface area contributed by atoms with Crippen LogP contribution in [-0.2, 0) is 4.79 Å². The molecule has 128 valence electrons. The number of aliphatic carboxylic acids is 1. The fourth-order valence-electron chi connectivity index (χ4n) is 2.83. The van der Waals surface area contributed by atoms with Crippen molar-refractivity contribution in [3.05, 3.63) is 54.1 Å². The van der Waals surface area contributed by atoms with Crippen LogP contribution < -0.4 is 4.74 Å². The molecule has 0 aliphatic heterocycles. The van der Waals surface area contributed by atoms with Gasteiger partial charge >= 0.3 is 5.97 Å². The van der Waals surface area contributed by atoms with Crippen molar-refractivity contribution in [2.24, 2.45) is 0 Å². The van der Waals surface area contributed by atoms with Crippen molar-refractivity contribution >= 4 is 5.97 Å². The summed E-state index contributed by atoms with van der Waals surface area (Å²) in [6.07, 6.45) is 0.167. The van der Waals surface area contributed by atoms with Gasteiger partial charge in [-0.15, -0.1) is 0 Å². The maximum atomic E-state index is 10.8. The Morgan fingerprint density at radius 1 is 1.17 bits per heavy atom. The van der Waals surface area contributed by atoms with Gasteiger partial charge in [-0.1, -0.05) is 43.3 Å². The number of hydrogen-bond acceptors (Lipinski definition) is 3. The monoisotopic (exact) mass is 327 g/mol. The van der Waals surface area contributed by atoms with E-state index in [0.717, 1.165) is 23.4 Å². The second-order valence-electron chi connectivity index (χ2n) is 5.80. The van der Waals surface area contributed by atoms with Crippen LogP contribution >= 0.6 is 0 Å². The first kappa shape index (κ1) is 18.0. The first-order valence-corrected chi connectivity index (χ1v) is 8.25. The minimum Gasteiger partial charge on any atom is -0.497 e. The molecule has 0 aliphatic rings. The third-order valence-electron chi connectivity index (χ3n) is 4.36. The Labute approximate surface area is 143 Å². The highest BCUT2D eigenvalue weighted by Gasteiger charge is 2.15. The molecule has 0 amide bonds. The smallest absolute Gasteiger partial charge is 0.304 e. The van der Waals surface area contributed by atoms with Gasteiger partial charge in [0.05, 0.1) is 13.5 Å². The second kappa shape index (κ2) is 8.50. The molecule has 24 heavy (non-hydrogen) atoms. The van der Waals surface area contributed by atoms with Crippen molar-refractivity contribution in [3.8, 4) is 16.9 Å². The number of ether oxygens (including phenoxy) is 1. The fourth-order valence-corrected chi connectivity index (χ4v) is 2.83. The molecular formula is C20H25NO3. The van der Waals surface area contributed by atoms with Gasteiger partial charge in [-0.25, -0.2) is 0 Å². The van der Waals surface area contributed by atoms with E-state index in [4.69, 9.17) is 9.84 Å². The predicted molar refractivity (Wildman–Crippen MR) is 96.3 cm³/mol. The largest absolute Gasteiger partial charge is 0.497 e. The van der Waals surface area contributed by atoms with E-state index >= 15 is 0 Å². The van der Waals surface area contributed by atoms with Gasteiger partial charge in [0, 0.05) is 12.6 Å². The van der Waals surface area contributed by atoms with E-state index in [1.165, 1.54) is 5.56 Å². The lowest BCUT2D eigenvalue weighted by molar-refractivity contribution is -0.137. The standard InChI is InChI=1S/C20H25NO3/c1-4-21(13-12-20(22)23)15(2)16-8-10-17(11-9-16)18-6-5-7-19(14-18)24-3/h5-11,14-15H,4,12-13H2,1-3H3,(H,22,23). The van der Waals surface area contributed by atoms with Gasteiger partial charge in [-0.3, -0.25) is 9.69 Å². The number of carboxylic acids is 1. The average molecular weight is 327 g/mol. The Hall–Kier alpha value is -2.33. The number of methoxy groups -OCH3 is 1. The number of carbonyl (C=O) groups is 1. The van der Waals surface area contributed by atoms with Crippen molar-refractivity contribution in [2.75, 3.05) is 20.2 Å². The van der Waals surface area contributed by atoms with Gasteiger partial charge in [0.25, 0.3) is 0 Å². The van der Waals surface area contributed by atoms with Crippen molar-refractivity contribution in [1.82, 2.24) is 4.90 Å². The molecule has 0 spiro atoms. The van der Waals surface area contributed by atoms with E-state index in [-0.39, 0.29) is 12.5 Å². The summed E-state index contributed by atoms with van der Waals surface area (Å²) in [4.78, 5) is 13.0. The topological polar surface area (TPSA) is 49.8 Å². The minimum absolute atomic E-state index is 0.167. The highest BCUT2D eigenvalue weighted by Crippen LogP contribution is 2.27. The van der Waals surface area contributed by atoms with Crippen LogP contribution in [0, 0.1) is 0 Å². The fraction of sp³-hybridized carbons (Fsp3) is 0.350. The molecule has 0 radical (unpaired) electrons. The molecule has 2 aromatic carbocycles.